The van der Waals surface area contributed by atoms with Gasteiger partial charge in [0.15, 0.2) is 0 Å². The summed E-state index contributed by atoms with van der Waals surface area (Å²) in [5.41, 5.74) is 2.81. The first kappa shape index (κ1) is 15.0. The first-order valence-electron chi connectivity index (χ1n) is 8.78. The molecule has 1 aromatic rings. The zero-order valence-electron chi connectivity index (χ0n) is 13.7. The molecule has 0 radical (unpaired) electrons. The van der Waals surface area contributed by atoms with Gasteiger partial charge in [0, 0.05) is 44.7 Å². The maximum atomic E-state index is 4.91. The van der Waals surface area contributed by atoms with Gasteiger partial charge in [-0.25, -0.2) is 4.98 Å². The van der Waals surface area contributed by atoms with Crippen LogP contribution in [-0.2, 0) is 25.9 Å². The highest BCUT2D eigenvalue weighted by Crippen LogP contribution is 2.20. The Hall–Kier alpha value is -0.870. The van der Waals surface area contributed by atoms with Crippen LogP contribution < -0.4 is 5.32 Å². The fraction of sp³-hybridized carbons (Fsp3) is 0.824. The van der Waals surface area contributed by atoms with Crippen molar-refractivity contribution in [1.82, 2.24) is 19.8 Å². The molecule has 1 N–H and O–H groups in total. The molecule has 1 aromatic heterocycles. The molecule has 0 aromatic carbocycles. The SMILES string of the molecule is CCCc1nc2c(n1CC(C)CN1CCCC1)CCNC2. The molecule has 0 saturated carbocycles. The molecule has 1 atom stereocenters. The van der Waals surface area contributed by atoms with Gasteiger partial charge in [-0.05, 0) is 38.3 Å². The standard InChI is InChI=1S/C17H30N4/c1-3-6-17-19-15-11-18-8-7-16(15)21(17)13-14(2)12-20-9-4-5-10-20/h14,18H,3-13H2,1-2H3. The summed E-state index contributed by atoms with van der Waals surface area (Å²) in [6, 6.07) is 0. The Balaban J connectivity index is 1.71. The molecule has 0 amide bonds. The minimum atomic E-state index is 0.715. The summed E-state index contributed by atoms with van der Waals surface area (Å²) in [6.07, 6.45) is 6.22. The lowest BCUT2D eigenvalue weighted by Gasteiger charge is -2.23. The van der Waals surface area contributed by atoms with Crippen molar-refractivity contribution in [3.05, 3.63) is 17.2 Å². The fourth-order valence-electron chi connectivity index (χ4n) is 3.83. The van der Waals surface area contributed by atoms with Crippen molar-refractivity contribution >= 4 is 0 Å². The van der Waals surface area contributed by atoms with Crippen molar-refractivity contribution in [2.45, 2.75) is 59.0 Å². The Kier molecular flexibility index (Phi) is 4.96. The summed E-state index contributed by atoms with van der Waals surface area (Å²) in [6.45, 7) is 11.7. The number of aromatic nitrogens is 2. The van der Waals surface area contributed by atoms with Gasteiger partial charge in [-0.3, -0.25) is 0 Å². The monoisotopic (exact) mass is 290 g/mol. The van der Waals surface area contributed by atoms with E-state index in [1.807, 2.05) is 0 Å². The van der Waals surface area contributed by atoms with Crippen LogP contribution >= 0.6 is 0 Å². The molecule has 0 spiro atoms. The average Bonchev–Trinajstić information content (AvgIpc) is 3.08. The van der Waals surface area contributed by atoms with Gasteiger partial charge in [0.2, 0.25) is 0 Å². The van der Waals surface area contributed by atoms with Crippen LogP contribution in [0.4, 0.5) is 0 Å². The molecule has 2 aliphatic heterocycles. The third-order valence-electron chi connectivity index (χ3n) is 4.80. The van der Waals surface area contributed by atoms with E-state index < -0.39 is 0 Å². The maximum Gasteiger partial charge on any atom is 0.109 e. The number of nitrogens with zero attached hydrogens (tertiary/aromatic N) is 3. The Bertz CT molecular complexity index is 460. The molecule has 21 heavy (non-hydrogen) atoms. The Labute approximate surface area is 128 Å². The molecule has 2 aliphatic rings. The predicted octanol–water partition coefficient (Wildman–Crippen LogP) is 2.21. The van der Waals surface area contributed by atoms with E-state index in [4.69, 9.17) is 4.98 Å². The van der Waals surface area contributed by atoms with Crippen LogP contribution in [0.5, 0.6) is 0 Å². The highest BCUT2D eigenvalue weighted by Gasteiger charge is 2.21. The van der Waals surface area contributed by atoms with Gasteiger partial charge in [0.1, 0.15) is 5.82 Å². The number of aryl methyl sites for hydroxylation is 1. The summed E-state index contributed by atoms with van der Waals surface area (Å²) in [5.74, 6) is 2.03. The van der Waals surface area contributed by atoms with Crippen LogP contribution in [0, 0.1) is 5.92 Å². The molecule has 1 saturated heterocycles. The second-order valence-corrected chi connectivity index (χ2v) is 6.82. The van der Waals surface area contributed by atoms with Crippen molar-refractivity contribution in [3.63, 3.8) is 0 Å². The van der Waals surface area contributed by atoms with Crippen LogP contribution in [0.3, 0.4) is 0 Å². The van der Waals surface area contributed by atoms with E-state index in [1.54, 1.807) is 0 Å². The minimum absolute atomic E-state index is 0.715. The first-order valence-corrected chi connectivity index (χ1v) is 8.78. The van der Waals surface area contributed by atoms with Gasteiger partial charge in [0.25, 0.3) is 0 Å². The van der Waals surface area contributed by atoms with Crippen molar-refractivity contribution in [2.75, 3.05) is 26.2 Å². The summed E-state index contributed by atoms with van der Waals surface area (Å²) < 4.78 is 2.56. The van der Waals surface area contributed by atoms with E-state index in [0.29, 0.717) is 5.92 Å². The molecule has 4 heteroatoms. The van der Waals surface area contributed by atoms with Crippen molar-refractivity contribution in [3.8, 4) is 0 Å². The van der Waals surface area contributed by atoms with Gasteiger partial charge in [-0.1, -0.05) is 13.8 Å². The number of fused-ring (bicyclic) bond motifs is 1. The topological polar surface area (TPSA) is 33.1 Å². The Morgan fingerprint density at radius 2 is 2.05 bits per heavy atom. The molecule has 3 rings (SSSR count). The lowest BCUT2D eigenvalue weighted by atomic mass is 10.1. The molecular weight excluding hydrogens is 260 g/mol. The molecule has 0 bridgehead atoms. The van der Waals surface area contributed by atoms with Gasteiger partial charge >= 0.3 is 0 Å². The summed E-state index contributed by atoms with van der Waals surface area (Å²) in [7, 11) is 0. The average molecular weight is 290 g/mol. The Morgan fingerprint density at radius 3 is 2.81 bits per heavy atom. The highest BCUT2D eigenvalue weighted by molar-refractivity contribution is 5.20. The normalized spacial score (nSPS) is 20.7. The number of hydrogen-bond donors (Lipinski definition) is 1. The van der Waals surface area contributed by atoms with Crippen LogP contribution in [0.1, 0.15) is 50.3 Å². The predicted molar refractivity (Wildman–Crippen MR) is 86.5 cm³/mol. The van der Waals surface area contributed by atoms with Crippen LogP contribution in [0.25, 0.3) is 0 Å². The van der Waals surface area contributed by atoms with Crippen molar-refractivity contribution < 1.29 is 0 Å². The van der Waals surface area contributed by atoms with Crippen LogP contribution in [0.15, 0.2) is 0 Å². The molecule has 1 fully saturated rings. The number of likely N-dealkylation sites (tertiary alicyclic amines) is 1. The zero-order valence-corrected chi connectivity index (χ0v) is 13.7. The number of rotatable bonds is 6. The van der Waals surface area contributed by atoms with Gasteiger partial charge in [0.05, 0.1) is 5.69 Å². The van der Waals surface area contributed by atoms with Crippen molar-refractivity contribution in [1.29, 1.82) is 0 Å². The summed E-state index contributed by atoms with van der Waals surface area (Å²) in [5, 5.41) is 3.45. The number of imidazole rings is 1. The number of nitrogens with one attached hydrogen (secondary N) is 1. The Morgan fingerprint density at radius 1 is 1.24 bits per heavy atom. The van der Waals surface area contributed by atoms with Crippen LogP contribution in [-0.4, -0.2) is 40.6 Å². The lowest BCUT2D eigenvalue weighted by Crippen LogP contribution is -2.29. The second-order valence-electron chi connectivity index (χ2n) is 6.82. The quantitative estimate of drug-likeness (QED) is 0.872. The largest absolute Gasteiger partial charge is 0.331 e. The zero-order chi connectivity index (χ0) is 14.7. The molecule has 3 heterocycles. The van der Waals surface area contributed by atoms with E-state index in [2.05, 4.69) is 28.6 Å². The minimum Gasteiger partial charge on any atom is -0.331 e. The molecule has 118 valence electrons. The van der Waals surface area contributed by atoms with Gasteiger partial charge in [-0.15, -0.1) is 0 Å². The summed E-state index contributed by atoms with van der Waals surface area (Å²) >= 11 is 0. The van der Waals surface area contributed by atoms with Gasteiger partial charge in [-0.2, -0.15) is 0 Å². The molecular formula is C17H30N4. The second kappa shape index (κ2) is 6.93. The molecule has 0 aliphatic carbocycles. The number of hydrogen-bond acceptors (Lipinski definition) is 3. The fourth-order valence-corrected chi connectivity index (χ4v) is 3.83. The smallest absolute Gasteiger partial charge is 0.109 e. The van der Waals surface area contributed by atoms with Crippen LogP contribution in [0.2, 0.25) is 0 Å². The van der Waals surface area contributed by atoms with Gasteiger partial charge < -0.3 is 14.8 Å². The van der Waals surface area contributed by atoms with E-state index in [1.165, 1.54) is 56.1 Å². The lowest BCUT2D eigenvalue weighted by molar-refractivity contribution is 0.269. The van der Waals surface area contributed by atoms with E-state index >= 15 is 0 Å². The van der Waals surface area contributed by atoms with E-state index in [-0.39, 0.29) is 0 Å². The van der Waals surface area contributed by atoms with E-state index in [0.717, 1.165) is 32.5 Å². The van der Waals surface area contributed by atoms with Crippen molar-refractivity contribution in [2.24, 2.45) is 5.92 Å². The third-order valence-corrected chi connectivity index (χ3v) is 4.80. The summed E-state index contributed by atoms with van der Waals surface area (Å²) in [4.78, 5) is 7.55. The van der Waals surface area contributed by atoms with E-state index in [9.17, 15) is 0 Å². The first-order chi connectivity index (χ1) is 10.3. The molecule has 1 unspecified atom stereocenters. The highest BCUT2D eigenvalue weighted by atomic mass is 15.2. The molecule has 4 nitrogen and oxygen atoms in total. The third kappa shape index (κ3) is 3.49. The maximum absolute atomic E-state index is 4.91.